The van der Waals surface area contributed by atoms with E-state index < -0.39 is 0 Å². The van der Waals surface area contributed by atoms with E-state index >= 15 is 0 Å². The minimum Gasteiger partial charge on any atom is -0.316 e. The molecule has 1 aromatic heterocycles. The van der Waals surface area contributed by atoms with Crippen molar-refractivity contribution in [2.45, 2.75) is 13.5 Å². The average Bonchev–Trinajstić information content (AvgIpc) is 2.74. The smallest absolute Gasteiger partial charge is 0.0208 e. The molecule has 2 rings (SSSR count). The van der Waals surface area contributed by atoms with Crippen LogP contribution in [0.25, 0.3) is 11.1 Å². The second kappa shape index (κ2) is 4.60. The molecule has 1 nitrogen and oxygen atoms in total. The molecule has 0 saturated heterocycles. The fraction of sp³-hybridized carbons (Fsp3) is 0.231. The summed E-state index contributed by atoms with van der Waals surface area (Å²) in [6, 6.07) is 8.81. The average molecular weight is 217 g/mol. The number of hydrogen-bond acceptors (Lipinski definition) is 2. The van der Waals surface area contributed by atoms with Crippen LogP contribution in [0.1, 0.15) is 11.1 Å². The topological polar surface area (TPSA) is 12.0 Å². The zero-order valence-corrected chi connectivity index (χ0v) is 9.90. The zero-order chi connectivity index (χ0) is 10.7. The summed E-state index contributed by atoms with van der Waals surface area (Å²) in [6.07, 6.45) is 0. The number of rotatable bonds is 3. The highest BCUT2D eigenvalue weighted by molar-refractivity contribution is 7.08. The van der Waals surface area contributed by atoms with E-state index in [0.29, 0.717) is 0 Å². The van der Waals surface area contributed by atoms with Gasteiger partial charge in [-0.2, -0.15) is 11.3 Å². The molecule has 0 saturated carbocycles. The summed E-state index contributed by atoms with van der Waals surface area (Å²) in [5.74, 6) is 0. The van der Waals surface area contributed by atoms with Gasteiger partial charge in [0, 0.05) is 6.54 Å². The summed E-state index contributed by atoms with van der Waals surface area (Å²) in [6.45, 7) is 3.06. The first-order valence-electron chi connectivity index (χ1n) is 5.08. The van der Waals surface area contributed by atoms with Crippen LogP contribution in [-0.4, -0.2) is 7.05 Å². The first kappa shape index (κ1) is 10.4. The van der Waals surface area contributed by atoms with E-state index in [2.05, 4.69) is 47.3 Å². The Morgan fingerprint density at radius 3 is 2.80 bits per heavy atom. The summed E-state index contributed by atoms with van der Waals surface area (Å²) in [5.41, 5.74) is 5.36. The Hall–Kier alpha value is -1.12. The van der Waals surface area contributed by atoms with E-state index in [1.54, 1.807) is 11.3 Å². The first-order chi connectivity index (χ1) is 7.31. The van der Waals surface area contributed by atoms with Gasteiger partial charge in [-0.15, -0.1) is 0 Å². The summed E-state index contributed by atoms with van der Waals surface area (Å²) in [5, 5.41) is 7.54. The second-order valence-electron chi connectivity index (χ2n) is 3.70. The van der Waals surface area contributed by atoms with Gasteiger partial charge in [0.25, 0.3) is 0 Å². The van der Waals surface area contributed by atoms with Crippen molar-refractivity contribution in [3.63, 3.8) is 0 Å². The molecule has 1 aromatic carbocycles. The van der Waals surface area contributed by atoms with Crippen molar-refractivity contribution >= 4 is 11.3 Å². The van der Waals surface area contributed by atoms with Gasteiger partial charge < -0.3 is 5.32 Å². The zero-order valence-electron chi connectivity index (χ0n) is 9.08. The fourth-order valence-corrected chi connectivity index (χ4v) is 2.38. The van der Waals surface area contributed by atoms with Crippen LogP contribution in [0.4, 0.5) is 0 Å². The Morgan fingerprint density at radius 1 is 1.27 bits per heavy atom. The van der Waals surface area contributed by atoms with Crippen LogP contribution in [0.5, 0.6) is 0 Å². The van der Waals surface area contributed by atoms with Gasteiger partial charge in [-0.1, -0.05) is 23.8 Å². The van der Waals surface area contributed by atoms with Crippen LogP contribution < -0.4 is 5.32 Å². The van der Waals surface area contributed by atoms with E-state index in [0.717, 1.165) is 6.54 Å². The van der Waals surface area contributed by atoms with Crippen LogP contribution in [0.3, 0.4) is 0 Å². The molecule has 2 aromatic rings. The molecule has 0 aliphatic carbocycles. The van der Waals surface area contributed by atoms with Crippen LogP contribution in [0, 0.1) is 6.92 Å². The minimum absolute atomic E-state index is 0.922. The maximum atomic E-state index is 3.21. The number of hydrogen-bond donors (Lipinski definition) is 1. The highest BCUT2D eigenvalue weighted by Gasteiger charge is 2.04. The first-order valence-corrected chi connectivity index (χ1v) is 6.02. The molecule has 0 bridgehead atoms. The molecular weight excluding hydrogens is 202 g/mol. The fourth-order valence-electron chi connectivity index (χ4n) is 1.72. The van der Waals surface area contributed by atoms with Crippen molar-refractivity contribution in [3.05, 3.63) is 46.2 Å². The quantitative estimate of drug-likeness (QED) is 0.830. The lowest BCUT2D eigenvalue weighted by molar-refractivity contribution is 0.819. The lowest BCUT2D eigenvalue weighted by Gasteiger charge is -2.08. The van der Waals surface area contributed by atoms with Gasteiger partial charge in [-0.25, -0.2) is 0 Å². The summed E-state index contributed by atoms with van der Waals surface area (Å²) in [7, 11) is 1.98. The molecule has 0 unspecified atom stereocenters. The van der Waals surface area contributed by atoms with Crippen molar-refractivity contribution in [1.82, 2.24) is 5.32 Å². The molecule has 0 aliphatic rings. The minimum atomic E-state index is 0.922. The molecule has 1 N–H and O–H groups in total. The SMILES string of the molecule is CNCc1ccc(C)cc1-c1ccsc1. The molecule has 1 heterocycles. The summed E-state index contributed by atoms with van der Waals surface area (Å²) < 4.78 is 0. The van der Waals surface area contributed by atoms with E-state index in [1.807, 2.05) is 7.05 Å². The van der Waals surface area contributed by atoms with Crippen LogP contribution in [-0.2, 0) is 6.54 Å². The van der Waals surface area contributed by atoms with Crippen molar-refractivity contribution in [3.8, 4) is 11.1 Å². The Kier molecular flexibility index (Phi) is 3.19. The molecule has 0 spiro atoms. The van der Waals surface area contributed by atoms with Gasteiger partial charge in [-0.05, 0) is 47.5 Å². The van der Waals surface area contributed by atoms with E-state index in [-0.39, 0.29) is 0 Å². The van der Waals surface area contributed by atoms with E-state index in [1.165, 1.54) is 22.3 Å². The molecule has 0 atom stereocenters. The molecule has 2 heteroatoms. The van der Waals surface area contributed by atoms with Crippen molar-refractivity contribution in [1.29, 1.82) is 0 Å². The lowest BCUT2D eigenvalue weighted by Crippen LogP contribution is -2.06. The molecule has 0 aliphatic heterocycles. The molecule has 0 fully saturated rings. The molecule has 78 valence electrons. The Labute approximate surface area is 94.8 Å². The van der Waals surface area contributed by atoms with Gasteiger partial charge in [0.1, 0.15) is 0 Å². The molecule has 0 radical (unpaired) electrons. The molecular formula is C13H15NS. The monoisotopic (exact) mass is 217 g/mol. The van der Waals surface area contributed by atoms with Crippen molar-refractivity contribution in [2.24, 2.45) is 0 Å². The van der Waals surface area contributed by atoms with Gasteiger partial charge >= 0.3 is 0 Å². The van der Waals surface area contributed by atoms with Gasteiger partial charge in [0.2, 0.25) is 0 Å². The Balaban J connectivity index is 2.47. The number of aryl methyl sites for hydroxylation is 1. The highest BCUT2D eigenvalue weighted by atomic mass is 32.1. The maximum absolute atomic E-state index is 3.21. The Morgan fingerprint density at radius 2 is 2.13 bits per heavy atom. The van der Waals surface area contributed by atoms with Gasteiger partial charge in [0.05, 0.1) is 0 Å². The predicted molar refractivity (Wildman–Crippen MR) is 67.3 cm³/mol. The van der Waals surface area contributed by atoms with Gasteiger partial charge in [0.15, 0.2) is 0 Å². The molecule has 0 amide bonds. The third-order valence-electron chi connectivity index (χ3n) is 2.46. The van der Waals surface area contributed by atoms with Crippen LogP contribution in [0.15, 0.2) is 35.0 Å². The second-order valence-corrected chi connectivity index (χ2v) is 4.48. The van der Waals surface area contributed by atoms with E-state index in [4.69, 9.17) is 0 Å². The van der Waals surface area contributed by atoms with Crippen LogP contribution >= 0.6 is 11.3 Å². The highest BCUT2D eigenvalue weighted by Crippen LogP contribution is 2.26. The number of thiophene rings is 1. The predicted octanol–water partition coefficient (Wildman–Crippen LogP) is 3.44. The number of benzene rings is 1. The largest absolute Gasteiger partial charge is 0.316 e. The molecule has 15 heavy (non-hydrogen) atoms. The third kappa shape index (κ3) is 2.28. The van der Waals surface area contributed by atoms with Crippen molar-refractivity contribution in [2.75, 3.05) is 7.05 Å². The summed E-state index contributed by atoms with van der Waals surface area (Å²) >= 11 is 1.75. The summed E-state index contributed by atoms with van der Waals surface area (Å²) in [4.78, 5) is 0. The Bertz CT molecular complexity index is 432. The third-order valence-corrected chi connectivity index (χ3v) is 3.15. The number of nitrogens with one attached hydrogen (secondary N) is 1. The normalized spacial score (nSPS) is 10.5. The maximum Gasteiger partial charge on any atom is 0.0208 e. The standard InChI is InChI=1S/C13H15NS/c1-10-3-4-11(8-14-2)13(7-10)12-5-6-15-9-12/h3-7,9,14H,8H2,1-2H3. The lowest BCUT2D eigenvalue weighted by atomic mass is 10.00. The van der Waals surface area contributed by atoms with E-state index in [9.17, 15) is 0 Å². The van der Waals surface area contributed by atoms with Crippen LogP contribution in [0.2, 0.25) is 0 Å². The van der Waals surface area contributed by atoms with Crippen molar-refractivity contribution < 1.29 is 0 Å². The van der Waals surface area contributed by atoms with Gasteiger partial charge in [-0.3, -0.25) is 0 Å².